The van der Waals surface area contributed by atoms with Crippen LogP contribution in [0, 0.1) is 12.3 Å². The number of nitrogens with zero attached hydrogens (tertiary/aromatic N) is 2. The van der Waals surface area contributed by atoms with Crippen LogP contribution in [0.15, 0.2) is 29.2 Å². The first kappa shape index (κ1) is 24.0. The summed E-state index contributed by atoms with van der Waals surface area (Å²) in [5, 5.41) is 0. The molecule has 30 heavy (non-hydrogen) atoms. The number of unbranched alkanes of at least 4 members (excludes halogenated alkanes) is 3. The number of aryl methyl sites for hydroxylation is 1. The Balaban J connectivity index is 1.80. The molecule has 0 unspecified atom stereocenters. The molecule has 0 aromatic heterocycles. The first-order chi connectivity index (χ1) is 14.1. The molecule has 9 heteroatoms. The van der Waals surface area contributed by atoms with Gasteiger partial charge in [0, 0.05) is 14.1 Å². The van der Waals surface area contributed by atoms with E-state index in [2.05, 4.69) is 0 Å². The lowest BCUT2D eigenvalue weighted by Gasteiger charge is -2.41. The Morgan fingerprint density at radius 3 is 1.97 bits per heavy atom. The van der Waals surface area contributed by atoms with Gasteiger partial charge in [0.1, 0.15) is 5.41 Å². The fraction of sp³-hybridized carbons (Fsp3) is 0.571. The molecule has 4 amide bonds. The molecule has 0 spiro atoms. The van der Waals surface area contributed by atoms with Crippen molar-refractivity contribution in [2.75, 3.05) is 20.7 Å². The van der Waals surface area contributed by atoms with Crippen molar-refractivity contribution in [3.63, 3.8) is 0 Å². The number of urea groups is 1. The summed E-state index contributed by atoms with van der Waals surface area (Å²) in [6.45, 7) is 3.73. The minimum Gasteiger partial charge on any atom is -0.273 e. The van der Waals surface area contributed by atoms with E-state index in [0.717, 1.165) is 21.8 Å². The van der Waals surface area contributed by atoms with Crippen molar-refractivity contribution in [1.29, 1.82) is 0 Å². The van der Waals surface area contributed by atoms with Crippen molar-refractivity contribution in [3.05, 3.63) is 29.8 Å². The molecular formula is C21H30N2O6S. The largest absolute Gasteiger partial charge is 0.332 e. The average Bonchev–Trinajstić information content (AvgIpc) is 2.73. The van der Waals surface area contributed by atoms with Gasteiger partial charge in [-0.25, -0.2) is 4.79 Å². The van der Waals surface area contributed by atoms with E-state index >= 15 is 0 Å². The number of carbonyl (C=O) groups is 3. The lowest BCUT2D eigenvalue weighted by atomic mass is 9.76. The Morgan fingerprint density at radius 1 is 0.900 bits per heavy atom. The van der Waals surface area contributed by atoms with E-state index in [1.165, 1.54) is 26.2 Å². The number of imide groups is 2. The summed E-state index contributed by atoms with van der Waals surface area (Å²) >= 11 is 0. The molecule has 1 fully saturated rings. The molecule has 0 atom stereocenters. The van der Waals surface area contributed by atoms with E-state index in [9.17, 15) is 22.8 Å². The van der Waals surface area contributed by atoms with Gasteiger partial charge in [-0.2, -0.15) is 8.42 Å². The predicted molar refractivity (Wildman–Crippen MR) is 111 cm³/mol. The average molecular weight is 439 g/mol. The summed E-state index contributed by atoms with van der Waals surface area (Å²) < 4.78 is 29.4. The van der Waals surface area contributed by atoms with Crippen LogP contribution in [0.2, 0.25) is 0 Å². The maximum atomic E-state index is 12.6. The standard InChI is InChI=1S/C21H30N2O6S/c1-5-21(18(24)22(3)20(26)23(4)19(21)25)14-8-6-7-9-15-29-30(27,28)17-12-10-16(2)11-13-17/h10-13H,5-9,14-15H2,1-4H3. The number of hydrogen-bond acceptors (Lipinski definition) is 6. The summed E-state index contributed by atoms with van der Waals surface area (Å²) in [5.41, 5.74) is -0.238. The van der Waals surface area contributed by atoms with Crippen molar-refractivity contribution in [3.8, 4) is 0 Å². The highest BCUT2D eigenvalue weighted by Gasteiger charge is 2.53. The third-order valence-corrected chi connectivity index (χ3v) is 6.98. The smallest absolute Gasteiger partial charge is 0.273 e. The van der Waals surface area contributed by atoms with Gasteiger partial charge in [-0.15, -0.1) is 0 Å². The normalized spacial score (nSPS) is 17.0. The van der Waals surface area contributed by atoms with Crippen molar-refractivity contribution < 1.29 is 27.0 Å². The van der Waals surface area contributed by atoms with Crippen LogP contribution >= 0.6 is 0 Å². The molecule has 0 N–H and O–H groups in total. The molecule has 8 nitrogen and oxygen atoms in total. The maximum Gasteiger partial charge on any atom is 0.332 e. The number of rotatable bonds is 10. The molecule has 1 aromatic rings. The maximum absolute atomic E-state index is 12.6. The summed E-state index contributed by atoms with van der Waals surface area (Å²) in [6, 6.07) is 5.87. The van der Waals surface area contributed by atoms with Crippen LogP contribution in [0.25, 0.3) is 0 Å². The van der Waals surface area contributed by atoms with E-state index in [0.29, 0.717) is 32.1 Å². The first-order valence-electron chi connectivity index (χ1n) is 10.1. The fourth-order valence-electron chi connectivity index (χ4n) is 3.65. The minimum atomic E-state index is -3.77. The van der Waals surface area contributed by atoms with Crippen LogP contribution in [-0.4, -0.2) is 56.8 Å². The zero-order chi connectivity index (χ0) is 22.5. The van der Waals surface area contributed by atoms with Gasteiger partial charge in [0.2, 0.25) is 11.8 Å². The van der Waals surface area contributed by atoms with Crippen molar-refractivity contribution in [2.24, 2.45) is 5.41 Å². The molecule has 166 valence electrons. The number of barbiturate groups is 1. The van der Waals surface area contributed by atoms with Crippen molar-refractivity contribution in [1.82, 2.24) is 9.80 Å². The van der Waals surface area contributed by atoms with E-state index in [1.54, 1.807) is 19.1 Å². The third kappa shape index (κ3) is 4.89. The molecule has 0 bridgehead atoms. The second-order valence-corrected chi connectivity index (χ2v) is 9.32. The highest BCUT2D eigenvalue weighted by atomic mass is 32.2. The molecule has 0 saturated carbocycles. The SMILES string of the molecule is CCC1(CCCCCCOS(=O)(=O)c2ccc(C)cc2)C(=O)N(C)C(=O)N(C)C1=O. The number of carbonyl (C=O) groups excluding carboxylic acids is 3. The van der Waals surface area contributed by atoms with E-state index in [1.807, 2.05) is 6.92 Å². The quantitative estimate of drug-likeness (QED) is 0.316. The molecule has 1 saturated heterocycles. The van der Waals surface area contributed by atoms with Gasteiger partial charge in [0.05, 0.1) is 11.5 Å². The molecule has 2 rings (SSSR count). The molecule has 1 aliphatic rings. The van der Waals surface area contributed by atoms with Crippen molar-refractivity contribution in [2.45, 2.75) is 57.3 Å². The molecule has 0 aliphatic carbocycles. The molecular weight excluding hydrogens is 408 g/mol. The van der Waals surface area contributed by atoms with Crippen molar-refractivity contribution >= 4 is 28.0 Å². The Kier molecular flexibility index (Phi) is 7.76. The van der Waals surface area contributed by atoms with Gasteiger partial charge < -0.3 is 0 Å². The Morgan fingerprint density at radius 2 is 1.43 bits per heavy atom. The molecule has 1 aliphatic heterocycles. The Hall–Kier alpha value is -2.26. The molecule has 1 heterocycles. The number of benzene rings is 1. The Labute approximate surface area is 178 Å². The predicted octanol–water partition coefficient (Wildman–Crippen LogP) is 3.10. The van der Waals surface area contributed by atoms with Crippen LogP contribution in [-0.2, 0) is 23.9 Å². The second-order valence-electron chi connectivity index (χ2n) is 7.70. The first-order valence-corrected chi connectivity index (χ1v) is 11.5. The monoisotopic (exact) mass is 438 g/mol. The zero-order valence-electron chi connectivity index (χ0n) is 18.0. The Bertz CT molecular complexity index is 871. The van der Waals surface area contributed by atoms with Crippen LogP contribution in [0.4, 0.5) is 4.79 Å². The lowest BCUT2D eigenvalue weighted by Crippen LogP contribution is -2.62. The van der Waals surface area contributed by atoms with Gasteiger partial charge >= 0.3 is 6.03 Å². The van der Waals surface area contributed by atoms with Gasteiger partial charge in [-0.3, -0.25) is 23.6 Å². The topological polar surface area (TPSA) is 101 Å². The van der Waals surface area contributed by atoms with Crippen LogP contribution < -0.4 is 0 Å². The van der Waals surface area contributed by atoms with E-state index in [4.69, 9.17) is 4.18 Å². The minimum absolute atomic E-state index is 0.0764. The summed E-state index contributed by atoms with van der Waals surface area (Å²) in [5.74, 6) is -0.906. The summed E-state index contributed by atoms with van der Waals surface area (Å²) in [7, 11) is -0.980. The van der Waals surface area contributed by atoms with Crippen LogP contribution in [0.1, 0.15) is 51.0 Å². The van der Waals surface area contributed by atoms with Gasteiger partial charge in [-0.1, -0.05) is 43.9 Å². The highest BCUT2D eigenvalue weighted by Crippen LogP contribution is 2.36. The zero-order valence-corrected chi connectivity index (χ0v) is 18.8. The second kappa shape index (κ2) is 9.70. The van der Waals surface area contributed by atoms with Gasteiger partial charge in [0.25, 0.3) is 10.1 Å². The van der Waals surface area contributed by atoms with E-state index in [-0.39, 0.29) is 11.5 Å². The number of hydrogen-bond donors (Lipinski definition) is 0. The molecule has 0 radical (unpaired) electrons. The van der Waals surface area contributed by atoms with Gasteiger partial charge in [-0.05, 0) is 38.3 Å². The number of amides is 4. The third-order valence-electron chi connectivity index (χ3n) is 5.65. The summed E-state index contributed by atoms with van der Waals surface area (Å²) in [6.07, 6.45) is 3.26. The molecule has 1 aromatic carbocycles. The summed E-state index contributed by atoms with van der Waals surface area (Å²) in [4.78, 5) is 39.4. The highest BCUT2D eigenvalue weighted by molar-refractivity contribution is 7.86. The van der Waals surface area contributed by atoms with Crippen LogP contribution in [0.3, 0.4) is 0 Å². The fourth-order valence-corrected chi connectivity index (χ4v) is 4.59. The van der Waals surface area contributed by atoms with Gasteiger partial charge in [0.15, 0.2) is 0 Å². The van der Waals surface area contributed by atoms with E-state index < -0.39 is 33.4 Å². The lowest BCUT2D eigenvalue weighted by molar-refractivity contribution is -0.158. The van der Waals surface area contributed by atoms with Crippen LogP contribution in [0.5, 0.6) is 0 Å².